The molecule has 0 aliphatic rings. The Bertz CT molecular complexity index is 599. The molecule has 4 nitrogen and oxygen atoms in total. The molecule has 4 N–H and O–H groups in total. The third-order valence-corrected chi connectivity index (χ3v) is 2.91. The zero-order chi connectivity index (χ0) is 14.5. The molecule has 0 saturated carbocycles. The van der Waals surface area contributed by atoms with Gasteiger partial charge in [0.1, 0.15) is 11.9 Å². The molecule has 0 aromatic heterocycles. The van der Waals surface area contributed by atoms with Gasteiger partial charge in [-0.15, -0.1) is 0 Å². The molecule has 0 aliphatic heterocycles. The summed E-state index contributed by atoms with van der Waals surface area (Å²) in [5.41, 5.74) is 7.33. The molecule has 0 fully saturated rings. The average Bonchev–Trinajstić information content (AvgIpc) is 2.46. The molecule has 0 unspecified atom stereocenters. The van der Waals surface area contributed by atoms with Crippen LogP contribution in [0.1, 0.15) is 17.2 Å². The van der Waals surface area contributed by atoms with Crippen molar-refractivity contribution in [3.05, 3.63) is 65.5 Å². The molecule has 1 amide bonds. The molecule has 104 valence electrons. The van der Waals surface area contributed by atoms with E-state index in [0.717, 1.165) is 5.56 Å². The van der Waals surface area contributed by atoms with E-state index < -0.39 is 11.9 Å². The summed E-state index contributed by atoms with van der Waals surface area (Å²) in [4.78, 5) is 11.6. The van der Waals surface area contributed by atoms with E-state index in [1.54, 1.807) is 24.3 Å². The first-order valence-electron chi connectivity index (χ1n) is 6.11. The summed E-state index contributed by atoms with van der Waals surface area (Å²) in [6.45, 7) is -0.0900. The van der Waals surface area contributed by atoms with Gasteiger partial charge in [0.25, 0.3) is 0 Å². The highest BCUT2D eigenvalue weighted by atomic mass is 19.1. The minimum atomic E-state index is -0.760. The SMILES string of the molecule is NC(=O)[C@@H](Nc1cccc(CO)c1)c1ccc(F)cc1. The van der Waals surface area contributed by atoms with Crippen LogP contribution < -0.4 is 11.1 Å². The summed E-state index contributed by atoms with van der Waals surface area (Å²) in [6.07, 6.45) is 0. The van der Waals surface area contributed by atoms with E-state index in [0.29, 0.717) is 11.3 Å². The average molecular weight is 274 g/mol. The van der Waals surface area contributed by atoms with E-state index in [9.17, 15) is 9.18 Å². The van der Waals surface area contributed by atoms with Crippen molar-refractivity contribution in [1.29, 1.82) is 0 Å². The minimum absolute atomic E-state index is 0.0900. The van der Waals surface area contributed by atoms with Gasteiger partial charge < -0.3 is 16.2 Å². The van der Waals surface area contributed by atoms with Crippen LogP contribution in [-0.2, 0) is 11.4 Å². The van der Waals surface area contributed by atoms with Gasteiger partial charge >= 0.3 is 0 Å². The highest BCUT2D eigenvalue weighted by Crippen LogP contribution is 2.20. The molecule has 0 spiro atoms. The zero-order valence-corrected chi connectivity index (χ0v) is 10.7. The van der Waals surface area contributed by atoms with E-state index in [4.69, 9.17) is 10.8 Å². The summed E-state index contributed by atoms with van der Waals surface area (Å²) in [5, 5.41) is 12.1. The number of benzene rings is 2. The number of hydrogen-bond acceptors (Lipinski definition) is 3. The summed E-state index contributed by atoms with van der Waals surface area (Å²) < 4.78 is 12.9. The first kappa shape index (κ1) is 14.0. The molecule has 0 radical (unpaired) electrons. The van der Waals surface area contributed by atoms with Gasteiger partial charge in [-0.2, -0.15) is 0 Å². The monoisotopic (exact) mass is 274 g/mol. The third-order valence-electron chi connectivity index (χ3n) is 2.91. The number of nitrogens with one attached hydrogen (secondary N) is 1. The fourth-order valence-electron chi connectivity index (χ4n) is 1.90. The number of aliphatic hydroxyl groups is 1. The maximum atomic E-state index is 12.9. The smallest absolute Gasteiger partial charge is 0.244 e. The zero-order valence-electron chi connectivity index (χ0n) is 10.7. The predicted molar refractivity (Wildman–Crippen MR) is 74.3 cm³/mol. The van der Waals surface area contributed by atoms with Gasteiger partial charge in [-0.05, 0) is 35.4 Å². The van der Waals surface area contributed by atoms with Crippen molar-refractivity contribution >= 4 is 11.6 Å². The van der Waals surface area contributed by atoms with Crippen LogP contribution in [0.25, 0.3) is 0 Å². The number of rotatable bonds is 5. The number of nitrogens with two attached hydrogens (primary N) is 1. The van der Waals surface area contributed by atoms with Crippen LogP contribution in [0.3, 0.4) is 0 Å². The molecule has 0 bridgehead atoms. The number of hydrogen-bond donors (Lipinski definition) is 3. The van der Waals surface area contributed by atoms with Crippen LogP contribution in [0.4, 0.5) is 10.1 Å². The molecule has 0 heterocycles. The number of halogens is 1. The summed E-state index contributed by atoms with van der Waals surface area (Å²) >= 11 is 0. The lowest BCUT2D eigenvalue weighted by atomic mass is 10.1. The second-order valence-electron chi connectivity index (χ2n) is 4.39. The lowest BCUT2D eigenvalue weighted by Gasteiger charge is -2.17. The lowest BCUT2D eigenvalue weighted by Crippen LogP contribution is -2.27. The fraction of sp³-hybridized carbons (Fsp3) is 0.133. The molecule has 2 aromatic carbocycles. The van der Waals surface area contributed by atoms with Crippen molar-refractivity contribution in [2.45, 2.75) is 12.6 Å². The van der Waals surface area contributed by atoms with Crippen LogP contribution in [0.2, 0.25) is 0 Å². The summed E-state index contributed by atoms with van der Waals surface area (Å²) in [5.74, 6) is -0.940. The van der Waals surface area contributed by atoms with Crippen molar-refractivity contribution < 1.29 is 14.3 Å². The highest BCUT2D eigenvalue weighted by Gasteiger charge is 2.17. The van der Waals surface area contributed by atoms with Crippen molar-refractivity contribution in [3.8, 4) is 0 Å². The van der Waals surface area contributed by atoms with Gasteiger partial charge in [0.2, 0.25) is 5.91 Å². The van der Waals surface area contributed by atoms with E-state index in [2.05, 4.69) is 5.32 Å². The van der Waals surface area contributed by atoms with Gasteiger partial charge in [0, 0.05) is 5.69 Å². The first-order chi connectivity index (χ1) is 9.60. The van der Waals surface area contributed by atoms with Gasteiger partial charge in [-0.3, -0.25) is 4.79 Å². The number of anilines is 1. The molecular weight excluding hydrogens is 259 g/mol. The number of aliphatic hydroxyl groups excluding tert-OH is 1. The highest BCUT2D eigenvalue weighted by molar-refractivity contribution is 5.84. The summed E-state index contributed by atoms with van der Waals surface area (Å²) in [6, 6.07) is 11.8. The number of carbonyl (C=O) groups excluding carboxylic acids is 1. The lowest BCUT2D eigenvalue weighted by molar-refractivity contribution is -0.118. The number of primary amides is 1. The normalized spacial score (nSPS) is 11.9. The van der Waals surface area contributed by atoms with Crippen molar-refractivity contribution in [3.63, 3.8) is 0 Å². The minimum Gasteiger partial charge on any atom is -0.392 e. The quantitative estimate of drug-likeness (QED) is 0.780. The molecule has 5 heteroatoms. The maximum absolute atomic E-state index is 12.9. The second-order valence-corrected chi connectivity index (χ2v) is 4.39. The molecular formula is C15H15FN2O2. The van der Waals surface area contributed by atoms with Crippen LogP contribution in [0, 0.1) is 5.82 Å². The Morgan fingerprint density at radius 3 is 2.55 bits per heavy atom. The van der Waals surface area contributed by atoms with Gasteiger partial charge in [-0.25, -0.2) is 4.39 Å². The Morgan fingerprint density at radius 1 is 1.25 bits per heavy atom. The van der Waals surface area contributed by atoms with Crippen molar-refractivity contribution in [2.75, 3.05) is 5.32 Å². The Balaban J connectivity index is 2.25. The van der Waals surface area contributed by atoms with E-state index in [-0.39, 0.29) is 12.4 Å². The third kappa shape index (κ3) is 3.33. The van der Waals surface area contributed by atoms with E-state index >= 15 is 0 Å². The Kier molecular flexibility index (Phi) is 4.32. The Hall–Kier alpha value is -2.40. The molecule has 1 atom stereocenters. The van der Waals surface area contributed by atoms with E-state index in [1.807, 2.05) is 0 Å². The largest absolute Gasteiger partial charge is 0.392 e. The van der Waals surface area contributed by atoms with Crippen molar-refractivity contribution in [2.24, 2.45) is 5.73 Å². The predicted octanol–water partition coefficient (Wildman–Crippen LogP) is 1.96. The first-order valence-corrected chi connectivity index (χ1v) is 6.11. The van der Waals surface area contributed by atoms with Crippen LogP contribution >= 0.6 is 0 Å². The Labute approximate surface area is 116 Å². The van der Waals surface area contributed by atoms with Crippen LogP contribution in [0.5, 0.6) is 0 Å². The fourth-order valence-corrected chi connectivity index (χ4v) is 1.90. The van der Waals surface area contributed by atoms with Gasteiger partial charge in [0.05, 0.1) is 6.61 Å². The van der Waals surface area contributed by atoms with Gasteiger partial charge in [-0.1, -0.05) is 24.3 Å². The van der Waals surface area contributed by atoms with Crippen LogP contribution in [0.15, 0.2) is 48.5 Å². The topological polar surface area (TPSA) is 75.4 Å². The molecule has 2 aromatic rings. The van der Waals surface area contributed by atoms with Gasteiger partial charge in [0.15, 0.2) is 0 Å². The summed E-state index contributed by atoms with van der Waals surface area (Å²) in [7, 11) is 0. The Morgan fingerprint density at radius 2 is 1.95 bits per heavy atom. The van der Waals surface area contributed by atoms with E-state index in [1.165, 1.54) is 24.3 Å². The molecule has 20 heavy (non-hydrogen) atoms. The second kappa shape index (κ2) is 6.16. The number of amides is 1. The standard InChI is InChI=1S/C15H15FN2O2/c16-12-6-4-11(5-7-12)14(15(17)20)18-13-3-1-2-10(8-13)9-19/h1-8,14,18-19H,9H2,(H2,17,20)/t14-/m0/s1. The molecule has 2 rings (SSSR count). The van der Waals surface area contributed by atoms with Crippen LogP contribution in [-0.4, -0.2) is 11.0 Å². The number of carbonyl (C=O) groups is 1. The molecule has 0 saturated heterocycles. The molecule has 0 aliphatic carbocycles. The van der Waals surface area contributed by atoms with Crippen molar-refractivity contribution in [1.82, 2.24) is 0 Å². The maximum Gasteiger partial charge on any atom is 0.244 e.